The molecule has 0 aliphatic rings. The van der Waals surface area contributed by atoms with Crippen LogP contribution in [0.1, 0.15) is 52.4 Å². The molecule has 0 fully saturated rings. The second kappa shape index (κ2) is 9.01. The number of nitrogens with zero attached hydrogens (tertiary/aromatic N) is 1. The van der Waals surface area contributed by atoms with E-state index in [1.54, 1.807) is 0 Å². The molecule has 0 aliphatic heterocycles. The van der Waals surface area contributed by atoms with Crippen LogP contribution in [-0.2, 0) is 0 Å². The molecular weight excluding hydrogens is 148 g/mol. The first-order chi connectivity index (χ1) is 5.81. The van der Waals surface area contributed by atoms with Gasteiger partial charge < -0.3 is 0 Å². The van der Waals surface area contributed by atoms with E-state index in [1.165, 1.54) is 38.5 Å². The summed E-state index contributed by atoms with van der Waals surface area (Å²) in [7, 11) is 0. The minimum atomic E-state index is 1.06. The van der Waals surface area contributed by atoms with Crippen LogP contribution in [0.15, 0.2) is 0 Å². The lowest BCUT2D eigenvalue weighted by Gasteiger charge is -2.14. The third kappa shape index (κ3) is 8.02. The van der Waals surface area contributed by atoms with Crippen LogP contribution in [0.3, 0.4) is 0 Å². The van der Waals surface area contributed by atoms with Gasteiger partial charge in [0.05, 0.1) is 0 Å². The largest absolute Gasteiger partial charge is 0.269 e. The van der Waals surface area contributed by atoms with E-state index in [9.17, 15) is 0 Å². The van der Waals surface area contributed by atoms with Gasteiger partial charge in [-0.15, -0.1) is 0 Å². The van der Waals surface area contributed by atoms with Gasteiger partial charge in [-0.3, -0.25) is 5.84 Å². The third-order valence-electron chi connectivity index (χ3n) is 2.10. The maximum Gasteiger partial charge on any atom is 0.0128 e. The summed E-state index contributed by atoms with van der Waals surface area (Å²) in [6.07, 6.45) is 7.71. The van der Waals surface area contributed by atoms with Crippen molar-refractivity contribution in [1.29, 1.82) is 0 Å². The molecule has 74 valence electrons. The quantitative estimate of drug-likeness (QED) is 0.346. The second-order valence-electron chi connectivity index (χ2n) is 3.45. The molecule has 0 radical (unpaired) electrons. The number of unbranched alkanes of at least 4 members (excludes halogenated alkanes) is 4. The summed E-state index contributed by atoms with van der Waals surface area (Å²) >= 11 is 0. The Morgan fingerprint density at radius 2 is 1.42 bits per heavy atom. The van der Waals surface area contributed by atoms with Crippen LogP contribution in [0, 0.1) is 0 Å². The van der Waals surface area contributed by atoms with Crippen molar-refractivity contribution in [3.8, 4) is 0 Å². The fraction of sp³-hybridized carbons (Fsp3) is 1.00. The first kappa shape index (κ1) is 11.9. The highest BCUT2D eigenvalue weighted by Gasteiger charge is 1.96. The predicted octanol–water partition coefficient (Wildman–Crippen LogP) is 2.54. The molecule has 0 atom stereocenters. The molecule has 0 spiro atoms. The number of hydrogen-bond donors (Lipinski definition) is 1. The SMILES string of the molecule is CCCCCCN(N)CCCC. The number of rotatable bonds is 8. The van der Waals surface area contributed by atoms with Gasteiger partial charge in [-0.1, -0.05) is 39.5 Å². The number of nitrogens with two attached hydrogens (primary N) is 1. The first-order valence-electron chi connectivity index (χ1n) is 5.30. The van der Waals surface area contributed by atoms with Crippen LogP contribution in [0.2, 0.25) is 0 Å². The smallest absolute Gasteiger partial charge is 0.0128 e. The van der Waals surface area contributed by atoms with Gasteiger partial charge in [-0.25, -0.2) is 5.01 Å². The van der Waals surface area contributed by atoms with Crippen molar-refractivity contribution >= 4 is 0 Å². The molecule has 0 rings (SSSR count). The van der Waals surface area contributed by atoms with Gasteiger partial charge in [-0.2, -0.15) is 0 Å². The highest BCUT2D eigenvalue weighted by Crippen LogP contribution is 1.99. The fourth-order valence-electron chi connectivity index (χ4n) is 1.21. The van der Waals surface area contributed by atoms with E-state index in [1.807, 2.05) is 5.01 Å². The molecule has 0 amide bonds. The minimum Gasteiger partial charge on any atom is -0.269 e. The van der Waals surface area contributed by atoms with Crippen LogP contribution in [0.25, 0.3) is 0 Å². The van der Waals surface area contributed by atoms with E-state index in [0.717, 1.165) is 13.1 Å². The monoisotopic (exact) mass is 172 g/mol. The Hall–Kier alpha value is -0.0800. The molecule has 2 nitrogen and oxygen atoms in total. The van der Waals surface area contributed by atoms with Gasteiger partial charge >= 0.3 is 0 Å². The fourth-order valence-corrected chi connectivity index (χ4v) is 1.21. The molecule has 0 bridgehead atoms. The average molecular weight is 172 g/mol. The normalized spacial score (nSPS) is 11.0. The summed E-state index contributed by atoms with van der Waals surface area (Å²) in [5.41, 5.74) is 0. The second-order valence-corrected chi connectivity index (χ2v) is 3.45. The minimum absolute atomic E-state index is 1.06. The third-order valence-corrected chi connectivity index (χ3v) is 2.10. The Morgan fingerprint density at radius 1 is 0.833 bits per heavy atom. The molecule has 0 aromatic rings. The van der Waals surface area contributed by atoms with Gasteiger partial charge in [-0.05, 0) is 12.8 Å². The van der Waals surface area contributed by atoms with Crippen LogP contribution < -0.4 is 5.84 Å². The van der Waals surface area contributed by atoms with Gasteiger partial charge in [0.1, 0.15) is 0 Å². The van der Waals surface area contributed by atoms with Crippen molar-refractivity contribution < 1.29 is 0 Å². The maximum atomic E-state index is 5.78. The van der Waals surface area contributed by atoms with E-state index >= 15 is 0 Å². The molecule has 0 aliphatic carbocycles. The molecule has 2 N–H and O–H groups in total. The van der Waals surface area contributed by atoms with E-state index in [4.69, 9.17) is 5.84 Å². The van der Waals surface area contributed by atoms with E-state index in [-0.39, 0.29) is 0 Å². The lowest BCUT2D eigenvalue weighted by atomic mass is 10.2. The Morgan fingerprint density at radius 3 is 2.00 bits per heavy atom. The highest BCUT2D eigenvalue weighted by atomic mass is 15.4. The highest BCUT2D eigenvalue weighted by molar-refractivity contribution is 4.49. The van der Waals surface area contributed by atoms with Gasteiger partial charge in [0.2, 0.25) is 0 Å². The Bertz CT molecular complexity index is 83.9. The van der Waals surface area contributed by atoms with Crippen LogP contribution >= 0.6 is 0 Å². The van der Waals surface area contributed by atoms with Crippen LogP contribution in [-0.4, -0.2) is 18.1 Å². The summed E-state index contributed by atoms with van der Waals surface area (Å²) in [4.78, 5) is 0. The molecule has 12 heavy (non-hydrogen) atoms. The topological polar surface area (TPSA) is 29.3 Å². The van der Waals surface area contributed by atoms with Crippen molar-refractivity contribution in [2.45, 2.75) is 52.4 Å². The molecular formula is C10H24N2. The molecule has 0 saturated heterocycles. The van der Waals surface area contributed by atoms with Crippen molar-refractivity contribution in [2.75, 3.05) is 13.1 Å². The van der Waals surface area contributed by atoms with Crippen LogP contribution in [0.4, 0.5) is 0 Å². The predicted molar refractivity (Wildman–Crippen MR) is 54.8 cm³/mol. The van der Waals surface area contributed by atoms with E-state index in [2.05, 4.69) is 13.8 Å². The van der Waals surface area contributed by atoms with E-state index in [0.29, 0.717) is 0 Å². The van der Waals surface area contributed by atoms with Gasteiger partial charge in [0, 0.05) is 13.1 Å². The molecule has 0 unspecified atom stereocenters. The molecule has 2 heteroatoms. The molecule has 0 saturated carbocycles. The maximum absolute atomic E-state index is 5.78. The molecule has 0 aromatic carbocycles. The summed E-state index contributed by atoms with van der Waals surface area (Å²) < 4.78 is 0. The van der Waals surface area contributed by atoms with Gasteiger partial charge in [0.15, 0.2) is 0 Å². The lowest BCUT2D eigenvalue weighted by Crippen LogP contribution is -2.32. The standard InChI is InChI=1S/C10H24N2/c1-3-5-7-8-10-12(11)9-6-4-2/h3-11H2,1-2H3. The zero-order valence-electron chi connectivity index (χ0n) is 8.68. The Labute approximate surface area is 77.1 Å². The lowest BCUT2D eigenvalue weighted by molar-refractivity contribution is 0.271. The Kier molecular flexibility index (Phi) is 8.95. The zero-order chi connectivity index (χ0) is 9.23. The van der Waals surface area contributed by atoms with Crippen molar-refractivity contribution in [3.63, 3.8) is 0 Å². The summed E-state index contributed by atoms with van der Waals surface area (Å²) in [6, 6.07) is 0. The van der Waals surface area contributed by atoms with E-state index < -0.39 is 0 Å². The zero-order valence-corrected chi connectivity index (χ0v) is 8.68. The molecule has 0 aromatic heterocycles. The number of hydrogen-bond acceptors (Lipinski definition) is 2. The number of hydrazine groups is 1. The molecule has 0 heterocycles. The summed E-state index contributed by atoms with van der Waals surface area (Å²) in [5, 5.41) is 1.96. The van der Waals surface area contributed by atoms with Crippen molar-refractivity contribution in [1.82, 2.24) is 5.01 Å². The summed E-state index contributed by atoms with van der Waals surface area (Å²) in [5.74, 6) is 5.78. The van der Waals surface area contributed by atoms with Crippen molar-refractivity contribution in [2.24, 2.45) is 5.84 Å². The van der Waals surface area contributed by atoms with Crippen molar-refractivity contribution in [3.05, 3.63) is 0 Å². The summed E-state index contributed by atoms with van der Waals surface area (Å²) in [6.45, 7) is 6.56. The average Bonchev–Trinajstić information content (AvgIpc) is 2.09. The first-order valence-corrected chi connectivity index (χ1v) is 5.30. The van der Waals surface area contributed by atoms with Crippen LogP contribution in [0.5, 0.6) is 0 Å². The Balaban J connectivity index is 3.02. The van der Waals surface area contributed by atoms with Gasteiger partial charge in [0.25, 0.3) is 0 Å².